The van der Waals surface area contributed by atoms with E-state index in [2.05, 4.69) is 94.9 Å². The summed E-state index contributed by atoms with van der Waals surface area (Å²) in [6, 6.07) is 12.5. The van der Waals surface area contributed by atoms with Gasteiger partial charge in [-0.05, 0) is 95.8 Å². The Balaban J connectivity index is 1.50. The van der Waals surface area contributed by atoms with Crippen molar-refractivity contribution in [2.75, 3.05) is 0 Å². The molecule has 4 aromatic heterocycles. The number of hydrogen-bond donors (Lipinski definition) is 0. The van der Waals surface area contributed by atoms with Gasteiger partial charge in [-0.3, -0.25) is 0 Å². The van der Waals surface area contributed by atoms with Gasteiger partial charge >= 0.3 is 0 Å². The van der Waals surface area contributed by atoms with Crippen LogP contribution in [-0.4, -0.2) is 60.0 Å². The molecule has 6 aromatic rings. The number of aromatic nitrogens is 12. The molecular formula is C28H30N12S2. The van der Waals surface area contributed by atoms with Crippen LogP contribution >= 0.6 is 21.6 Å². The standard InChI is InChI=1S/C28H30N12S2/c1-7-37-33-25(31-35-37)21-15-29-39(23-17(3)11-9-12-18(23)4)27(21)41-42-28-22(26-32-36-38(8-2)34-26)16-30-40(28)24-19(5)13-10-14-20(24)6/h9-16H,7-8H2,1-6H3. The fourth-order valence-electron chi connectivity index (χ4n) is 4.79. The molecule has 0 saturated heterocycles. The van der Waals surface area contributed by atoms with Gasteiger partial charge in [0.05, 0.1) is 48.0 Å². The molecule has 0 radical (unpaired) electrons. The molecule has 4 heterocycles. The number of aryl methyl sites for hydroxylation is 6. The lowest BCUT2D eigenvalue weighted by Gasteiger charge is -2.15. The Kier molecular flexibility index (Phi) is 7.64. The van der Waals surface area contributed by atoms with E-state index in [1.54, 1.807) is 31.2 Å². The van der Waals surface area contributed by atoms with Crippen molar-refractivity contribution < 1.29 is 0 Å². The maximum Gasteiger partial charge on any atom is 0.209 e. The largest absolute Gasteiger partial charge is 0.225 e. The van der Waals surface area contributed by atoms with E-state index in [4.69, 9.17) is 10.2 Å². The molecule has 214 valence electrons. The third-order valence-electron chi connectivity index (χ3n) is 6.91. The van der Waals surface area contributed by atoms with Crippen LogP contribution in [-0.2, 0) is 13.1 Å². The highest BCUT2D eigenvalue weighted by Crippen LogP contribution is 2.46. The minimum Gasteiger partial charge on any atom is -0.225 e. The van der Waals surface area contributed by atoms with Gasteiger partial charge in [0.1, 0.15) is 10.1 Å². The van der Waals surface area contributed by atoms with Gasteiger partial charge in [0.2, 0.25) is 11.6 Å². The first-order valence-corrected chi connectivity index (χ1v) is 15.7. The summed E-state index contributed by atoms with van der Waals surface area (Å²) >= 11 is 0. The van der Waals surface area contributed by atoms with E-state index in [9.17, 15) is 0 Å². The van der Waals surface area contributed by atoms with Gasteiger partial charge in [0.25, 0.3) is 0 Å². The van der Waals surface area contributed by atoms with Crippen molar-refractivity contribution in [2.24, 2.45) is 0 Å². The lowest BCUT2D eigenvalue weighted by molar-refractivity contribution is 0.552. The smallest absolute Gasteiger partial charge is 0.209 e. The van der Waals surface area contributed by atoms with Crippen molar-refractivity contribution in [1.29, 1.82) is 0 Å². The molecule has 2 aromatic carbocycles. The summed E-state index contributed by atoms with van der Waals surface area (Å²) in [7, 11) is 3.12. The summed E-state index contributed by atoms with van der Waals surface area (Å²) in [6.45, 7) is 13.6. The van der Waals surface area contributed by atoms with Crippen LogP contribution in [0.2, 0.25) is 0 Å². The molecular weight excluding hydrogens is 569 g/mol. The van der Waals surface area contributed by atoms with Crippen molar-refractivity contribution in [3.05, 3.63) is 71.0 Å². The normalized spacial score (nSPS) is 11.5. The summed E-state index contributed by atoms with van der Waals surface area (Å²) in [6.07, 6.45) is 3.62. The first-order valence-electron chi connectivity index (χ1n) is 13.6. The highest BCUT2D eigenvalue weighted by molar-refractivity contribution is 8.76. The van der Waals surface area contributed by atoms with Crippen molar-refractivity contribution in [3.8, 4) is 34.2 Å². The number of para-hydroxylation sites is 2. The monoisotopic (exact) mass is 598 g/mol. The number of rotatable bonds is 9. The Bertz CT molecular complexity index is 1700. The van der Waals surface area contributed by atoms with Crippen LogP contribution in [0, 0.1) is 27.7 Å². The van der Waals surface area contributed by atoms with Gasteiger partial charge in [0.15, 0.2) is 0 Å². The fourth-order valence-corrected chi connectivity index (χ4v) is 7.27. The summed E-state index contributed by atoms with van der Waals surface area (Å²) in [5.74, 6) is 1.04. The molecule has 0 spiro atoms. The zero-order valence-corrected chi connectivity index (χ0v) is 25.8. The van der Waals surface area contributed by atoms with Crippen LogP contribution in [0.1, 0.15) is 36.1 Å². The van der Waals surface area contributed by atoms with Gasteiger partial charge in [-0.15, -0.1) is 20.4 Å². The van der Waals surface area contributed by atoms with E-state index in [1.807, 2.05) is 35.6 Å². The third kappa shape index (κ3) is 5.00. The quantitative estimate of drug-likeness (QED) is 0.199. The maximum atomic E-state index is 4.83. The molecule has 0 unspecified atom stereocenters. The van der Waals surface area contributed by atoms with E-state index in [0.29, 0.717) is 24.7 Å². The second-order valence-electron chi connectivity index (χ2n) is 9.80. The van der Waals surface area contributed by atoms with E-state index < -0.39 is 0 Å². The number of tetrazole rings is 2. The maximum absolute atomic E-state index is 4.83. The van der Waals surface area contributed by atoms with Crippen molar-refractivity contribution >= 4 is 21.6 Å². The number of nitrogens with zero attached hydrogens (tertiary/aromatic N) is 12. The summed E-state index contributed by atoms with van der Waals surface area (Å²) in [5, 5.41) is 37.7. The van der Waals surface area contributed by atoms with Crippen LogP contribution in [0.3, 0.4) is 0 Å². The average molecular weight is 599 g/mol. The topological polar surface area (TPSA) is 123 Å². The molecule has 0 aliphatic carbocycles. The number of hydrogen-bond acceptors (Lipinski definition) is 10. The second-order valence-corrected chi connectivity index (χ2v) is 11.9. The van der Waals surface area contributed by atoms with Gasteiger partial charge in [-0.1, -0.05) is 36.4 Å². The van der Waals surface area contributed by atoms with Crippen LogP contribution in [0.4, 0.5) is 0 Å². The van der Waals surface area contributed by atoms with E-state index >= 15 is 0 Å². The highest BCUT2D eigenvalue weighted by Gasteiger charge is 2.25. The van der Waals surface area contributed by atoms with Gasteiger partial charge in [-0.25, -0.2) is 9.36 Å². The minimum absolute atomic E-state index is 0.522. The molecule has 42 heavy (non-hydrogen) atoms. The zero-order valence-electron chi connectivity index (χ0n) is 24.2. The van der Waals surface area contributed by atoms with E-state index in [0.717, 1.165) is 54.8 Å². The summed E-state index contributed by atoms with van der Waals surface area (Å²) in [5.41, 5.74) is 8.09. The van der Waals surface area contributed by atoms with Crippen molar-refractivity contribution in [2.45, 2.75) is 64.7 Å². The molecule has 14 heteroatoms. The Morgan fingerprint density at radius 3 is 1.31 bits per heavy atom. The van der Waals surface area contributed by atoms with Gasteiger partial charge in [-0.2, -0.15) is 19.8 Å². The molecule has 0 atom stereocenters. The van der Waals surface area contributed by atoms with Crippen LogP contribution in [0.5, 0.6) is 0 Å². The van der Waals surface area contributed by atoms with Gasteiger partial charge < -0.3 is 0 Å². The van der Waals surface area contributed by atoms with Crippen molar-refractivity contribution in [1.82, 2.24) is 60.0 Å². The molecule has 12 nitrogen and oxygen atoms in total. The van der Waals surface area contributed by atoms with E-state index in [1.165, 1.54) is 0 Å². The molecule has 6 rings (SSSR count). The zero-order chi connectivity index (χ0) is 29.4. The minimum atomic E-state index is 0.522. The van der Waals surface area contributed by atoms with E-state index in [-0.39, 0.29) is 0 Å². The second kappa shape index (κ2) is 11.5. The molecule has 0 aliphatic rings. The Labute approximate surface area is 250 Å². The Morgan fingerprint density at radius 2 is 0.976 bits per heavy atom. The summed E-state index contributed by atoms with van der Waals surface area (Å²) in [4.78, 5) is 3.15. The lowest BCUT2D eigenvalue weighted by Crippen LogP contribution is -2.04. The van der Waals surface area contributed by atoms with Gasteiger partial charge in [0, 0.05) is 0 Å². The fraction of sp³-hybridized carbons (Fsp3) is 0.286. The molecule has 0 bridgehead atoms. The molecule has 0 saturated carbocycles. The predicted molar refractivity (Wildman–Crippen MR) is 163 cm³/mol. The molecule has 0 fully saturated rings. The van der Waals surface area contributed by atoms with Crippen LogP contribution in [0.25, 0.3) is 34.2 Å². The summed E-state index contributed by atoms with van der Waals surface area (Å²) < 4.78 is 3.94. The molecule has 0 amide bonds. The Hall–Kier alpha value is -4.30. The first kappa shape index (κ1) is 27.8. The SMILES string of the molecule is CCn1nnc(-c2cnn(-c3c(C)cccc3C)c2SSc2c(-c3nnn(CC)n3)cnn2-c2c(C)cccc2C)n1. The highest BCUT2D eigenvalue weighted by atomic mass is 33.1. The van der Waals surface area contributed by atoms with Crippen LogP contribution in [0.15, 0.2) is 58.8 Å². The molecule has 0 aliphatic heterocycles. The lowest BCUT2D eigenvalue weighted by atomic mass is 10.1. The van der Waals surface area contributed by atoms with Crippen LogP contribution < -0.4 is 0 Å². The Morgan fingerprint density at radius 1 is 0.595 bits per heavy atom. The molecule has 0 N–H and O–H groups in total. The van der Waals surface area contributed by atoms with Crippen molar-refractivity contribution in [3.63, 3.8) is 0 Å². The predicted octanol–water partition coefficient (Wildman–Crippen LogP) is 5.44. The number of benzene rings is 2. The first-order chi connectivity index (χ1) is 20.4. The third-order valence-corrected chi connectivity index (χ3v) is 9.29. The average Bonchev–Trinajstić information content (AvgIpc) is 3.78.